The van der Waals surface area contributed by atoms with Crippen LogP contribution in [0, 0.1) is 18.8 Å². The minimum Gasteiger partial charge on any atom is -0.444 e. The molecule has 0 radical (unpaired) electrons. The van der Waals surface area contributed by atoms with Gasteiger partial charge in [-0.25, -0.2) is 14.8 Å². The number of benzene rings is 2. The fraction of sp³-hybridized carbons (Fsp3) is 0.463. The van der Waals surface area contributed by atoms with Crippen LogP contribution in [0.4, 0.5) is 10.5 Å². The number of nitrogens with two attached hydrogens (primary N) is 1. The third-order valence-electron chi connectivity index (χ3n) is 9.76. The maximum Gasteiger partial charge on any atom is 0.407 e. The van der Waals surface area contributed by atoms with Gasteiger partial charge in [0.25, 0.3) is 11.8 Å². The average molecular weight is 767 g/mol. The first-order valence-electron chi connectivity index (χ1n) is 19.1. The molecule has 0 saturated heterocycles. The van der Waals surface area contributed by atoms with Gasteiger partial charge in [0.2, 0.25) is 5.91 Å². The summed E-state index contributed by atoms with van der Waals surface area (Å²) in [5.74, 6) is -0.754. The Balaban J connectivity index is 1.25. The van der Waals surface area contributed by atoms with Crippen LogP contribution in [0.15, 0.2) is 60.8 Å². The Hall–Kier alpha value is -5.54. The molecule has 1 fully saturated rings. The molecule has 0 unspecified atom stereocenters. The Morgan fingerprint density at radius 3 is 2.25 bits per heavy atom. The fourth-order valence-electron chi connectivity index (χ4n) is 6.75. The van der Waals surface area contributed by atoms with E-state index in [1.54, 1.807) is 36.5 Å². The molecule has 56 heavy (non-hydrogen) atoms. The number of tetrazole rings is 1. The minimum absolute atomic E-state index is 0.191. The molecule has 1 saturated carbocycles. The van der Waals surface area contributed by atoms with Crippen LogP contribution in [0.1, 0.15) is 74.5 Å². The second-order valence-corrected chi connectivity index (χ2v) is 15.7. The zero-order chi connectivity index (χ0) is 40.4. The van der Waals surface area contributed by atoms with Crippen molar-refractivity contribution in [2.75, 3.05) is 38.6 Å². The molecule has 1 aliphatic carbocycles. The molecule has 4 amide bonds. The van der Waals surface area contributed by atoms with Gasteiger partial charge in [-0.2, -0.15) is 0 Å². The van der Waals surface area contributed by atoms with Gasteiger partial charge in [0, 0.05) is 36.3 Å². The lowest BCUT2D eigenvalue weighted by molar-refractivity contribution is -0.130. The monoisotopic (exact) mass is 766 g/mol. The third kappa shape index (κ3) is 11.5. The predicted molar refractivity (Wildman–Crippen MR) is 213 cm³/mol. The summed E-state index contributed by atoms with van der Waals surface area (Å²) in [5, 5.41) is 19.7. The van der Waals surface area contributed by atoms with Crippen LogP contribution in [-0.4, -0.2) is 99.7 Å². The Kier molecular flexibility index (Phi) is 14.0. The van der Waals surface area contributed by atoms with Crippen molar-refractivity contribution in [3.8, 4) is 22.5 Å². The zero-order valence-electron chi connectivity index (χ0n) is 33.2. The molecular formula is C41H54N10O5. The largest absolute Gasteiger partial charge is 0.444 e. The van der Waals surface area contributed by atoms with Crippen molar-refractivity contribution in [1.29, 1.82) is 0 Å². The molecule has 2 heterocycles. The number of nitrogens with zero attached hydrogens (tertiary/aromatic N) is 6. The summed E-state index contributed by atoms with van der Waals surface area (Å²) in [6.45, 7) is 9.30. The predicted octanol–water partition coefficient (Wildman–Crippen LogP) is 4.68. The third-order valence-corrected chi connectivity index (χ3v) is 9.76. The van der Waals surface area contributed by atoms with Gasteiger partial charge in [0.1, 0.15) is 11.3 Å². The smallest absolute Gasteiger partial charge is 0.407 e. The van der Waals surface area contributed by atoms with Crippen LogP contribution in [-0.2, 0) is 20.7 Å². The molecule has 5 rings (SSSR count). The van der Waals surface area contributed by atoms with Gasteiger partial charge in [-0.3, -0.25) is 19.4 Å². The number of rotatable bonds is 14. The molecule has 1 atom stereocenters. The normalized spacial score (nSPS) is 16.2. The summed E-state index contributed by atoms with van der Waals surface area (Å²) in [7, 11) is 3.99. The van der Waals surface area contributed by atoms with Crippen molar-refractivity contribution in [1.82, 2.24) is 41.1 Å². The number of hydrogen-bond acceptors (Lipinski definition) is 11. The number of nitrogens with one attached hydrogen (secondary N) is 3. The van der Waals surface area contributed by atoms with Crippen LogP contribution >= 0.6 is 0 Å². The summed E-state index contributed by atoms with van der Waals surface area (Å²) < 4.78 is 5.36. The molecule has 0 spiro atoms. The molecule has 15 heteroatoms. The van der Waals surface area contributed by atoms with Gasteiger partial charge >= 0.3 is 6.09 Å². The van der Waals surface area contributed by atoms with Crippen molar-refractivity contribution in [3.63, 3.8) is 0 Å². The zero-order valence-corrected chi connectivity index (χ0v) is 33.2. The molecule has 2 aromatic carbocycles. The van der Waals surface area contributed by atoms with Gasteiger partial charge in [0.05, 0.1) is 11.7 Å². The first-order valence-corrected chi connectivity index (χ1v) is 19.1. The van der Waals surface area contributed by atoms with E-state index in [4.69, 9.17) is 10.5 Å². The fourth-order valence-corrected chi connectivity index (χ4v) is 6.75. The first-order chi connectivity index (χ1) is 26.7. The summed E-state index contributed by atoms with van der Waals surface area (Å²) >= 11 is 0. The molecule has 5 N–H and O–H groups in total. The summed E-state index contributed by atoms with van der Waals surface area (Å²) in [6.07, 6.45) is 4.86. The number of carbonyl (C=O) groups is 4. The lowest BCUT2D eigenvalue weighted by Crippen LogP contribution is -2.50. The van der Waals surface area contributed by atoms with E-state index < -0.39 is 29.6 Å². The number of alkyl carbamates (subject to hydrolysis) is 1. The number of ether oxygens (including phenoxy) is 1. The highest BCUT2D eigenvalue weighted by Gasteiger charge is 2.35. The number of aryl methyl sites for hydroxylation is 1. The molecule has 1 aliphatic rings. The van der Waals surface area contributed by atoms with Crippen molar-refractivity contribution >= 4 is 29.5 Å². The number of pyridine rings is 1. The molecule has 4 aromatic rings. The van der Waals surface area contributed by atoms with E-state index in [9.17, 15) is 19.2 Å². The molecular weight excluding hydrogens is 713 g/mol. The number of anilines is 1. The molecule has 2 aromatic heterocycles. The number of aromatic nitrogens is 5. The number of hydrogen-bond donors (Lipinski definition) is 4. The lowest BCUT2D eigenvalue weighted by Gasteiger charge is -2.32. The topological polar surface area (TPSA) is 201 Å². The second-order valence-electron chi connectivity index (χ2n) is 15.7. The number of carbonyl (C=O) groups excluding carboxylic acids is 4. The molecule has 0 bridgehead atoms. The van der Waals surface area contributed by atoms with E-state index in [2.05, 4.69) is 41.1 Å². The summed E-state index contributed by atoms with van der Waals surface area (Å²) in [6, 6.07) is 15.4. The Morgan fingerprint density at radius 2 is 1.64 bits per heavy atom. The van der Waals surface area contributed by atoms with Crippen molar-refractivity contribution in [2.24, 2.45) is 17.6 Å². The van der Waals surface area contributed by atoms with Crippen LogP contribution in [0.3, 0.4) is 0 Å². The quantitative estimate of drug-likeness (QED) is 0.130. The SMILES string of the molecule is Cc1cc(C(=O)NCCCN(C)C)ncc1-c1ccc(C[C@H](N)C(=O)N(c2ccc(-c3nnn[nH]3)cc2)C(=O)[C@H]2CC[C@H](CNC(=O)OC(C)(C)C)CC2)cc1. The van der Waals surface area contributed by atoms with E-state index in [-0.39, 0.29) is 24.2 Å². The van der Waals surface area contributed by atoms with Crippen LogP contribution < -0.4 is 21.3 Å². The second kappa shape index (κ2) is 18.9. The maximum absolute atomic E-state index is 14.2. The Morgan fingerprint density at radius 1 is 0.964 bits per heavy atom. The van der Waals surface area contributed by atoms with Crippen LogP contribution in [0.25, 0.3) is 22.5 Å². The average Bonchev–Trinajstić information content (AvgIpc) is 3.71. The number of H-pyrrole nitrogens is 1. The number of amides is 4. The van der Waals surface area contributed by atoms with E-state index in [0.717, 1.165) is 35.2 Å². The van der Waals surface area contributed by atoms with E-state index in [1.807, 2.05) is 66.1 Å². The molecule has 298 valence electrons. The number of imide groups is 1. The summed E-state index contributed by atoms with van der Waals surface area (Å²) in [4.78, 5) is 60.9. The standard InChI is InChI=1S/C41H54N10O5/c1-26-22-35(37(52)43-20-7-21-50(5)6)44-25-33(26)29-12-8-27(9-13-29)23-34(42)39(54)51(32-18-16-30(17-19-32)36-46-48-49-47-36)38(53)31-14-10-28(11-15-31)24-45-40(55)56-41(2,3)4/h8-9,12-13,16-19,22,25,28,31,34H,7,10-11,14-15,20-21,23-24,42H2,1-6H3,(H,43,52)(H,45,55)(H,46,47,48,49)/t28-,31-,34-/m0/s1. The highest BCUT2D eigenvalue weighted by Crippen LogP contribution is 2.32. The van der Waals surface area contributed by atoms with Gasteiger partial charge in [-0.15, -0.1) is 5.10 Å². The molecule has 0 aliphatic heterocycles. The van der Waals surface area contributed by atoms with Gasteiger partial charge < -0.3 is 26.0 Å². The van der Waals surface area contributed by atoms with Crippen molar-refractivity contribution < 1.29 is 23.9 Å². The summed E-state index contributed by atoms with van der Waals surface area (Å²) in [5.41, 5.74) is 11.0. The van der Waals surface area contributed by atoms with Crippen LogP contribution in [0.2, 0.25) is 0 Å². The minimum atomic E-state index is -1.00. The van der Waals surface area contributed by atoms with Gasteiger partial charge in [-0.1, -0.05) is 24.3 Å². The first kappa shape index (κ1) is 41.6. The van der Waals surface area contributed by atoms with Crippen molar-refractivity contribution in [3.05, 3.63) is 77.6 Å². The highest BCUT2D eigenvalue weighted by atomic mass is 16.6. The Labute approximate surface area is 328 Å². The van der Waals surface area contributed by atoms with E-state index >= 15 is 0 Å². The Bertz CT molecular complexity index is 1930. The van der Waals surface area contributed by atoms with E-state index in [1.165, 1.54) is 4.90 Å². The highest BCUT2D eigenvalue weighted by molar-refractivity contribution is 6.17. The van der Waals surface area contributed by atoms with Gasteiger partial charge in [0.15, 0.2) is 5.82 Å². The van der Waals surface area contributed by atoms with E-state index in [0.29, 0.717) is 61.5 Å². The number of aromatic amines is 1. The van der Waals surface area contributed by atoms with Crippen molar-refractivity contribution in [2.45, 2.75) is 77.9 Å². The lowest BCUT2D eigenvalue weighted by atomic mass is 9.81. The van der Waals surface area contributed by atoms with Gasteiger partial charge in [-0.05, 0) is 150 Å². The van der Waals surface area contributed by atoms with Crippen LogP contribution in [0.5, 0.6) is 0 Å². The maximum atomic E-state index is 14.2. The molecule has 15 nitrogen and oxygen atoms in total.